The Bertz CT molecular complexity index is 682. The number of hydrogen-bond acceptors (Lipinski definition) is 5. The van der Waals surface area contributed by atoms with Crippen LogP contribution < -0.4 is 10.1 Å². The van der Waals surface area contributed by atoms with Gasteiger partial charge in [-0.1, -0.05) is 12.8 Å². The molecular formula is C17H26N2O5S. The minimum atomic E-state index is -3.60. The monoisotopic (exact) mass is 370 g/mol. The summed E-state index contributed by atoms with van der Waals surface area (Å²) in [7, 11) is -3.60. The van der Waals surface area contributed by atoms with E-state index in [1.807, 2.05) is 6.92 Å². The molecule has 1 aromatic rings. The second-order valence-corrected chi connectivity index (χ2v) is 7.69. The predicted octanol–water partition coefficient (Wildman–Crippen LogP) is 3.22. The van der Waals surface area contributed by atoms with E-state index in [2.05, 4.69) is 5.32 Å². The van der Waals surface area contributed by atoms with Crippen molar-refractivity contribution in [1.29, 1.82) is 0 Å². The van der Waals surface area contributed by atoms with E-state index in [1.54, 1.807) is 13.0 Å². The predicted molar refractivity (Wildman–Crippen MR) is 95.5 cm³/mol. The molecular weight excluding hydrogens is 344 g/mol. The van der Waals surface area contributed by atoms with E-state index in [4.69, 9.17) is 9.47 Å². The number of carbonyl (C=O) groups is 1. The van der Waals surface area contributed by atoms with Crippen LogP contribution in [-0.4, -0.2) is 45.1 Å². The summed E-state index contributed by atoms with van der Waals surface area (Å²) < 4.78 is 37.7. The van der Waals surface area contributed by atoms with Crippen molar-refractivity contribution in [3.05, 3.63) is 18.2 Å². The number of benzene rings is 1. The number of ether oxygens (including phenoxy) is 2. The number of rotatable bonds is 6. The zero-order valence-corrected chi connectivity index (χ0v) is 15.6. The molecule has 0 radical (unpaired) electrons. The lowest BCUT2D eigenvalue weighted by molar-refractivity contribution is 0.167. The van der Waals surface area contributed by atoms with Crippen molar-refractivity contribution in [2.45, 2.75) is 44.4 Å². The topological polar surface area (TPSA) is 84.9 Å². The molecule has 0 unspecified atom stereocenters. The molecule has 7 nitrogen and oxygen atoms in total. The van der Waals surface area contributed by atoms with Gasteiger partial charge in [-0.2, -0.15) is 4.31 Å². The average Bonchev–Trinajstić information content (AvgIpc) is 2.86. The number of anilines is 1. The van der Waals surface area contributed by atoms with E-state index in [0.717, 1.165) is 25.7 Å². The Balaban J connectivity index is 2.32. The highest BCUT2D eigenvalue weighted by molar-refractivity contribution is 7.89. The molecule has 1 aromatic carbocycles. The molecule has 0 aromatic heterocycles. The molecule has 2 rings (SSSR count). The number of amides is 1. The third-order valence-electron chi connectivity index (χ3n) is 3.97. The summed E-state index contributed by atoms with van der Waals surface area (Å²) in [6.07, 6.45) is 3.18. The fourth-order valence-corrected chi connectivity index (χ4v) is 4.30. The molecule has 0 atom stereocenters. The molecule has 0 bridgehead atoms. The maximum absolute atomic E-state index is 12.9. The highest BCUT2D eigenvalue weighted by atomic mass is 32.2. The van der Waals surface area contributed by atoms with E-state index >= 15 is 0 Å². The summed E-state index contributed by atoms with van der Waals surface area (Å²) in [6.45, 7) is 5.18. The Kier molecular flexibility index (Phi) is 7.07. The van der Waals surface area contributed by atoms with E-state index in [1.165, 1.54) is 16.4 Å². The molecule has 0 spiro atoms. The normalized spacial score (nSPS) is 16.1. The molecule has 1 aliphatic rings. The number of nitrogens with one attached hydrogen (secondary N) is 1. The molecule has 140 valence electrons. The van der Waals surface area contributed by atoms with Crippen LogP contribution in [0.25, 0.3) is 0 Å². The molecule has 1 N–H and O–H groups in total. The molecule has 1 fully saturated rings. The molecule has 0 aliphatic carbocycles. The van der Waals surface area contributed by atoms with Crippen LogP contribution in [0, 0.1) is 0 Å². The molecule has 1 amide bonds. The van der Waals surface area contributed by atoms with Gasteiger partial charge < -0.3 is 9.47 Å². The van der Waals surface area contributed by atoms with Crippen LogP contribution in [0.5, 0.6) is 5.75 Å². The number of sulfonamides is 1. The first-order valence-corrected chi connectivity index (χ1v) is 10.1. The average molecular weight is 370 g/mol. The summed E-state index contributed by atoms with van der Waals surface area (Å²) in [5.41, 5.74) is 0.288. The first kappa shape index (κ1) is 19.5. The summed E-state index contributed by atoms with van der Waals surface area (Å²) in [5, 5.41) is 2.55. The second-order valence-electron chi connectivity index (χ2n) is 5.75. The van der Waals surface area contributed by atoms with Gasteiger partial charge in [0.15, 0.2) is 0 Å². The van der Waals surface area contributed by atoms with Crippen LogP contribution in [0.1, 0.15) is 39.5 Å². The van der Waals surface area contributed by atoms with Gasteiger partial charge >= 0.3 is 6.09 Å². The Morgan fingerprint density at radius 1 is 1.12 bits per heavy atom. The minimum absolute atomic E-state index is 0.143. The Morgan fingerprint density at radius 3 is 2.40 bits per heavy atom. The highest BCUT2D eigenvalue weighted by Gasteiger charge is 2.26. The summed E-state index contributed by atoms with van der Waals surface area (Å²) in [4.78, 5) is 11.9. The third-order valence-corrected chi connectivity index (χ3v) is 5.86. The summed E-state index contributed by atoms with van der Waals surface area (Å²) in [5.74, 6) is 0.408. The van der Waals surface area contributed by atoms with Gasteiger partial charge in [0.2, 0.25) is 10.0 Å². The van der Waals surface area contributed by atoms with Crippen LogP contribution in [0.15, 0.2) is 23.1 Å². The lowest BCUT2D eigenvalue weighted by Gasteiger charge is -2.21. The standard InChI is InChI=1S/C17H26N2O5S/c1-3-23-16-10-9-14(13-15(16)18-17(20)24-4-2)25(21,22)19-11-7-5-6-8-12-19/h9-10,13H,3-8,11-12H2,1-2H3,(H,18,20). The van der Waals surface area contributed by atoms with E-state index < -0.39 is 16.1 Å². The Hall–Kier alpha value is -1.80. The zero-order chi connectivity index (χ0) is 18.3. The second kappa shape index (κ2) is 9.05. The molecule has 1 saturated heterocycles. The molecule has 1 heterocycles. The summed E-state index contributed by atoms with van der Waals surface area (Å²) >= 11 is 0. The quantitative estimate of drug-likeness (QED) is 0.831. The minimum Gasteiger partial charge on any atom is -0.492 e. The number of carbonyl (C=O) groups excluding carboxylic acids is 1. The maximum Gasteiger partial charge on any atom is 0.411 e. The largest absolute Gasteiger partial charge is 0.492 e. The van der Waals surface area contributed by atoms with Crippen LogP contribution in [0.4, 0.5) is 10.5 Å². The van der Waals surface area contributed by atoms with Crippen LogP contribution in [0.2, 0.25) is 0 Å². The SMILES string of the molecule is CCOC(=O)Nc1cc(S(=O)(=O)N2CCCCCC2)ccc1OCC. The molecule has 25 heavy (non-hydrogen) atoms. The van der Waals surface area contributed by atoms with Crippen LogP contribution in [-0.2, 0) is 14.8 Å². The van der Waals surface area contributed by atoms with Gasteiger partial charge in [0, 0.05) is 13.1 Å². The fraction of sp³-hybridized carbons (Fsp3) is 0.588. The first-order valence-electron chi connectivity index (χ1n) is 8.69. The first-order chi connectivity index (χ1) is 12.0. The van der Waals surface area contributed by atoms with E-state index in [0.29, 0.717) is 25.4 Å². The van der Waals surface area contributed by atoms with Crippen molar-refractivity contribution in [3.8, 4) is 5.75 Å². The maximum atomic E-state index is 12.9. The smallest absolute Gasteiger partial charge is 0.411 e. The zero-order valence-electron chi connectivity index (χ0n) is 14.8. The van der Waals surface area contributed by atoms with Gasteiger partial charge in [-0.15, -0.1) is 0 Å². The van der Waals surface area contributed by atoms with Gasteiger partial charge in [-0.3, -0.25) is 5.32 Å². The molecule has 8 heteroatoms. The fourth-order valence-electron chi connectivity index (χ4n) is 2.76. The van der Waals surface area contributed by atoms with Crippen molar-refractivity contribution in [2.24, 2.45) is 0 Å². The Labute approximate surface area is 149 Å². The van der Waals surface area contributed by atoms with Crippen molar-refractivity contribution in [2.75, 3.05) is 31.6 Å². The van der Waals surface area contributed by atoms with E-state index in [-0.39, 0.29) is 17.2 Å². The van der Waals surface area contributed by atoms with Gasteiger partial charge in [0.25, 0.3) is 0 Å². The lowest BCUT2D eigenvalue weighted by Crippen LogP contribution is -2.32. The third kappa shape index (κ3) is 5.09. The molecule has 0 saturated carbocycles. The van der Waals surface area contributed by atoms with Crippen molar-refractivity contribution in [1.82, 2.24) is 4.31 Å². The van der Waals surface area contributed by atoms with Gasteiger partial charge in [-0.25, -0.2) is 13.2 Å². The van der Waals surface area contributed by atoms with Crippen LogP contribution >= 0.6 is 0 Å². The van der Waals surface area contributed by atoms with Crippen molar-refractivity contribution >= 4 is 21.8 Å². The van der Waals surface area contributed by atoms with E-state index in [9.17, 15) is 13.2 Å². The van der Waals surface area contributed by atoms with Gasteiger partial charge in [0.1, 0.15) is 5.75 Å². The van der Waals surface area contributed by atoms with Gasteiger partial charge in [-0.05, 0) is 44.9 Å². The lowest BCUT2D eigenvalue weighted by atomic mass is 10.2. The highest BCUT2D eigenvalue weighted by Crippen LogP contribution is 2.30. The van der Waals surface area contributed by atoms with Crippen LogP contribution in [0.3, 0.4) is 0 Å². The van der Waals surface area contributed by atoms with Gasteiger partial charge in [0.05, 0.1) is 23.8 Å². The number of hydrogen-bond donors (Lipinski definition) is 1. The number of nitrogens with zero attached hydrogens (tertiary/aromatic N) is 1. The Morgan fingerprint density at radius 2 is 1.80 bits per heavy atom. The van der Waals surface area contributed by atoms with Crippen molar-refractivity contribution in [3.63, 3.8) is 0 Å². The summed E-state index contributed by atoms with van der Waals surface area (Å²) in [6, 6.07) is 4.51. The van der Waals surface area contributed by atoms with Crippen molar-refractivity contribution < 1.29 is 22.7 Å². The molecule has 1 aliphatic heterocycles.